The lowest BCUT2D eigenvalue weighted by Gasteiger charge is -2.16. The smallest absolute Gasteiger partial charge is 0.315 e. The highest BCUT2D eigenvalue weighted by Crippen LogP contribution is 2.38. The zero-order valence-electron chi connectivity index (χ0n) is 11.5. The highest BCUT2D eigenvalue weighted by molar-refractivity contribution is 5.82. The van der Waals surface area contributed by atoms with Gasteiger partial charge in [-0.2, -0.15) is 0 Å². The molecule has 2 aromatic rings. The van der Waals surface area contributed by atoms with Crippen molar-refractivity contribution < 1.29 is 14.6 Å². The van der Waals surface area contributed by atoms with Crippen LogP contribution in [0.1, 0.15) is 33.7 Å². The molecule has 0 fully saturated rings. The van der Waals surface area contributed by atoms with Gasteiger partial charge in [0.2, 0.25) is 0 Å². The Labute approximate surface area is 117 Å². The summed E-state index contributed by atoms with van der Waals surface area (Å²) in [5.41, 5.74) is 4.69. The maximum atomic E-state index is 11.8. The molecule has 0 saturated carbocycles. The van der Waals surface area contributed by atoms with E-state index >= 15 is 0 Å². The summed E-state index contributed by atoms with van der Waals surface area (Å²) in [5.74, 6) is -0.827. The van der Waals surface area contributed by atoms with Gasteiger partial charge >= 0.3 is 5.97 Å². The largest absolute Gasteiger partial charge is 0.489 e. The Morgan fingerprint density at radius 2 is 1.85 bits per heavy atom. The zero-order chi connectivity index (χ0) is 14.3. The third-order valence-electron chi connectivity index (χ3n) is 3.93. The number of carboxylic acids is 1. The molecule has 0 spiro atoms. The number of carboxylic acid groups (broad SMARTS) is 1. The van der Waals surface area contributed by atoms with Crippen LogP contribution in [0.25, 0.3) is 0 Å². The Bertz CT molecular complexity index is 689. The van der Waals surface area contributed by atoms with E-state index < -0.39 is 11.9 Å². The Hall–Kier alpha value is -2.29. The molecule has 0 saturated heterocycles. The van der Waals surface area contributed by atoms with E-state index in [-0.39, 0.29) is 0 Å². The van der Waals surface area contributed by atoms with Gasteiger partial charge in [-0.05, 0) is 42.2 Å². The predicted molar refractivity (Wildman–Crippen MR) is 76.2 cm³/mol. The van der Waals surface area contributed by atoms with E-state index in [0.29, 0.717) is 12.4 Å². The topological polar surface area (TPSA) is 46.5 Å². The molecule has 0 bridgehead atoms. The van der Waals surface area contributed by atoms with E-state index in [0.717, 1.165) is 27.8 Å². The molecule has 20 heavy (non-hydrogen) atoms. The number of aliphatic carboxylic acids is 1. The van der Waals surface area contributed by atoms with Crippen molar-refractivity contribution in [1.82, 2.24) is 0 Å². The van der Waals surface area contributed by atoms with Gasteiger partial charge in [0.25, 0.3) is 0 Å². The molecular formula is C17H16O3. The summed E-state index contributed by atoms with van der Waals surface area (Å²) in [6.07, 6.45) is 0. The van der Waals surface area contributed by atoms with Crippen LogP contribution in [0.3, 0.4) is 0 Å². The van der Waals surface area contributed by atoms with Crippen LogP contribution in [0.5, 0.6) is 5.75 Å². The van der Waals surface area contributed by atoms with Gasteiger partial charge in [0.15, 0.2) is 0 Å². The summed E-state index contributed by atoms with van der Waals surface area (Å²) in [7, 11) is 0. The number of fused-ring (bicyclic) bond motifs is 2. The molecule has 0 unspecified atom stereocenters. The molecule has 1 atom stereocenters. The minimum Gasteiger partial charge on any atom is -0.489 e. The lowest BCUT2D eigenvalue weighted by Crippen LogP contribution is -2.14. The van der Waals surface area contributed by atoms with Crippen molar-refractivity contribution in [2.75, 3.05) is 0 Å². The Morgan fingerprint density at radius 3 is 2.60 bits per heavy atom. The van der Waals surface area contributed by atoms with E-state index in [4.69, 9.17) is 4.74 Å². The molecule has 3 heteroatoms. The van der Waals surface area contributed by atoms with Crippen LogP contribution in [0.15, 0.2) is 36.4 Å². The molecule has 2 aromatic carbocycles. The van der Waals surface area contributed by atoms with Crippen LogP contribution in [-0.2, 0) is 11.4 Å². The minimum absolute atomic E-state index is 0.412. The zero-order valence-corrected chi connectivity index (χ0v) is 11.5. The maximum absolute atomic E-state index is 11.8. The molecule has 0 aromatic heterocycles. The first kappa shape index (κ1) is 12.7. The number of ether oxygens (including phenoxy) is 1. The Morgan fingerprint density at radius 1 is 1.15 bits per heavy atom. The van der Waals surface area contributed by atoms with Crippen LogP contribution >= 0.6 is 0 Å². The van der Waals surface area contributed by atoms with Crippen molar-refractivity contribution >= 4 is 5.97 Å². The molecule has 1 heterocycles. The lowest BCUT2D eigenvalue weighted by atomic mass is 9.87. The molecule has 0 aliphatic carbocycles. The second-order valence-electron chi connectivity index (χ2n) is 5.23. The van der Waals surface area contributed by atoms with Gasteiger partial charge in [-0.1, -0.05) is 30.3 Å². The number of hydrogen-bond acceptors (Lipinski definition) is 2. The maximum Gasteiger partial charge on any atom is 0.315 e. The number of aryl methyl sites for hydroxylation is 2. The summed E-state index contributed by atoms with van der Waals surface area (Å²) >= 11 is 0. The van der Waals surface area contributed by atoms with Crippen molar-refractivity contribution in [3.8, 4) is 5.75 Å². The first-order valence-corrected chi connectivity index (χ1v) is 6.62. The standard InChI is InChI=1S/C17H16O3/c1-10-7-14-15(8-11(10)2)20-9-12-5-3-4-6-13(12)16(14)17(18)19/h3-8,16H,9H2,1-2H3,(H,18,19)/t16-/m1/s1. The van der Waals surface area contributed by atoms with E-state index in [1.807, 2.05) is 50.2 Å². The third kappa shape index (κ3) is 1.95. The first-order chi connectivity index (χ1) is 9.58. The van der Waals surface area contributed by atoms with Crippen LogP contribution in [0, 0.1) is 13.8 Å². The number of benzene rings is 2. The van der Waals surface area contributed by atoms with Crippen molar-refractivity contribution in [3.05, 3.63) is 64.2 Å². The minimum atomic E-state index is -0.840. The van der Waals surface area contributed by atoms with Gasteiger partial charge in [0.05, 0.1) is 0 Å². The lowest BCUT2D eigenvalue weighted by molar-refractivity contribution is -0.137. The molecule has 0 radical (unpaired) electrons. The summed E-state index contributed by atoms with van der Waals surface area (Å²) in [6, 6.07) is 11.5. The Balaban J connectivity index is 2.27. The highest BCUT2D eigenvalue weighted by Gasteiger charge is 2.30. The van der Waals surface area contributed by atoms with E-state index in [1.165, 1.54) is 0 Å². The summed E-state index contributed by atoms with van der Waals surface area (Å²) in [5, 5.41) is 9.66. The monoisotopic (exact) mass is 268 g/mol. The average Bonchev–Trinajstić information content (AvgIpc) is 2.56. The number of hydrogen-bond donors (Lipinski definition) is 1. The Kier molecular flexibility index (Phi) is 2.97. The average molecular weight is 268 g/mol. The fourth-order valence-corrected chi connectivity index (χ4v) is 2.70. The molecule has 0 amide bonds. The van der Waals surface area contributed by atoms with E-state index in [1.54, 1.807) is 0 Å². The van der Waals surface area contributed by atoms with Crippen LogP contribution in [-0.4, -0.2) is 11.1 Å². The molecule has 1 aliphatic heterocycles. The van der Waals surface area contributed by atoms with Gasteiger partial charge in [0, 0.05) is 5.56 Å². The third-order valence-corrected chi connectivity index (χ3v) is 3.93. The summed E-state index contributed by atoms with van der Waals surface area (Å²) < 4.78 is 5.83. The fourth-order valence-electron chi connectivity index (χ4n) is 2.70. The van der Waals surface area contributed by atoms with Crippen molar-refractivity contribution in [2.24, 2.45) is 0 Å². The second kappa shape index (κ2) is 4.67. The number of carbonyl (C=O) groups is 1. The molecule has 3 nitrogen and oxygen atoms in total. The summed E-state index contributed by atoms with van der Waals surface area (Å²) in [4.78, 5) is 11.8. The molecule has 1 N–H and O–H groups in total. The van der Waals surface area contributed by atoms with Crippen LogP contribution in [0.4, 0.5) is 0 Å². The van der Waals surface area contributed by atoms with Crippen molar-refractivity contribution in [1.29, 1.82) is 0 Å². The van der Waals surface area contributed by atoms with Gasteiger partial charge in [-0.15, -0.1) is 0 Å². The molecule has 102 valence electrons. The van der Waals surface area contributed by atoms with Crippen LogP contribution in [0.2, 0.25) is 0 Å². The van der Waals surface area contributed by atoms with Crippen LogP contribution < -0.4 is 4.74 Å². The normalized spacial score (nSPS) is 16.6. The van der Waals surface area contributed by atoms with Gasteiger partial charge < -0.3 is 9.84 Å². The van der Waals surface area contributed by atoms with Crippen molar-refractivity contribution in [2.45, 2.75) is 26.4 Å². The molecule has 1 aliphatic rings. The first-order valence-electron chi connectivity index (χ1n) is 6.62. The van der Waals surface area contributed by atoms with Gasteiger partial charge in [0.1, 0.15) is 18.3 Å². The highest BCUT2D eigenvalue weighted by atomic mass is 16.5. The van der Waals surface area contributed by atoms with Crippen molar-refractivity contribution in [3.63, 3.8) is 0 Å². The SMILES string of the molecule is Cc1cc2c(cc1C)[C@H](C(=O)O)c1ccccc1CO2. The van der Waals surface area contributed by atoms with E-state index in [2.05, 4.69) is 0 Å². The van der Waals surface area contributed by atoms with E-state index in [9.17, 15) is 9.90 Å². The predicted octanol–water partition coefficient (Wildman–Crippen LogP) is 3.41. The van der Waals surface area contributed by atoms with Gasteiger partial charge in [-0.25, -0.2) is 0 Å². The van der Waals surface area contributed by atoms with Gasteiger partial charge in [-0.3, -0.25) is 4.79 Å². The fraction of sp³-hybridized carbons (Fsp3) is 0.235. The number of rotatable bonds is 1. The molecule has 3 rings (SSSR count). The quantitative estimate of drug-likeness (QED) is 0.862. The second-order valence-corrected chi connectivity index (χ2v) is 5.23. The molecular weight excluding hydrogens is 252 g/mol. The summed E-state index contributed by atoms with van der Waals surface area (Å²) in [6.45, 7) is 4.41.